The van der Waals surface area contributed by atoms with Crippen LogP contribution in [0.25, 0.3) is 10.9 Å². The Kier molecular flexibility index (Phi) is 3.66. The van der Waals surface area contributed by atoms with Crippen molar-refractivity contribution in [2.24, 2.45) is 7.05 Å². The van der Waals surface area contributed by atoms with Gasteiger partial charge in [0.1, 0.15) is 17.0 Å². The fourth-order valence-electron chi connectivity index (χ4n) is 1.88. The Morgan fingerprint density at radius 2 is 2.11 bits per heavy atom. The number of aryl methyl sites for hydroxylation is 1. The summed E-state index contributed by atoms with van der Waals surface area (Å²) < 4.78 is 1.56. The largest absolute Gasteiger partial charge is 0.345 e. The lowest BCUT2D eigenvalue weighted by molar-refractivity contribution is -0.107. The third-order valence-electron chi connectivity index (χ3n) is 2.81. The molecule has 2 aromatic rings. The van der Waals surface area contributed by atoms with Crippen LogP contribution in [0.15, 0.2) is 29.1 Å². The van der Waals surface area contributed by atoms with Crippen LogP contribution >= 0.6 is 11.6 Å². The molecule has 0 atom stereocenters. The van der Waals surface area contributed by atoms with Gasteiger partial charge in [-0.05, 0) is 12.1 Å². The van der Waals surface area contributed by atoms with Crippen molar-refractivity contribution in [3.8, 4) is 0 Å². The molecule has 0 saturated heterocycles. The van der Waals surface area contributed by atoms with Crippen molar-refractivity contribution in [2.75, 3.05) is 6.54 Å². The quantitative estimate of drug-likeness (QED) is 0.676. The first-order chi connectivity index (χ1) is 9.07. The Labute approximate surface area is 113 Å². The van der Waals surface area contributed by atoms with E-state index in [9.17, 15) is 14.4 Å². The lowest BCUT2D eigenvalue weighted by atomic mass is 10.1. The van der Waals surface area contributed by atoms with E-state index < -0.39 is 11.3 Å². The predicted octanol–water partition coefficient (Wildman–Crippen LogP) is 1.12. The van der Waals surface area contributed by atoms with E-state index in [1.807, 2.05) is 0 Å². The third-order valence-corrected chi connectivity index (χ3v) is 3.25. The van der Waals surface area contributed by atoms with E-state index in [0.29, 0.717) is 17.2 Å². The van der Waals surface area contributed by atoms with Crippen molar-refractivity contribution in [2.45, 2.75) is 0 Å². The summed E-state index contributed by atoms with van der Waals surface area (Å²) in [5.41, 5.74) is 0.0521. The summed E-state index contributed by atoms with van der Waals surface area (Å²) in [6.07, 6.45) is 0.539. The maximum Gasteiger partial charge on any atom is 0.258 e. The zero-order valence-corrected chi connectivity index (χ0v) is 10.9. The minimum Gasteiger partial charge on any atom is -0.345 e. The number of hydrogen-bond donors (Lipinski definition) is 1. The number of aromatic nitrogens is 1. The highest BCUT2D eigenvalue weighted by atomic mass is 35.5. The molecule has 0 unspecified atom stereocenters. The van der Waals surface area contributed by atoms with Crippen LogP contribution in [0.4, 0.5) is 0 Å². The first-order valence-corrected chi connectivity index (χ1v) is 5.94. The van der Waals surface area contributed by atoms with Gasteiger partial charge in [0, 0.05) is 12.4 Å². The van der Waals surface area contributed by atoms with Crippen LogP contribution < -0.4 is 10.7 Å². The van der Waals surface area contributed by atoms with Gasteiger partial charge in [-0.2, -0.15) is 0 Å². The molecule has 0 fully saturated rings. The maximum absolute atomic E-state index is 12.3. The fourth-order valence-corrected chi connectivity index (χ4v) is 2.14. The van der Waals surface area contributed by atoms with Gasteiger partial charge < -0.3 is 14.7 Å². The van der Waals surface area contributed by atoms with Gasteiger partial charge in [0.15, 0.2) is 0 Å². The number of benzene rings is 1. The third kappa shape index (κ3) is 2.24. The van der Waals surface area contributed by atoms with Crippen LogP contribution in [0.3, 0.4) is 0 Å². The van der Waals surface area contributed by atoms with Crippen LogP contribution in [-0.2, 0) is 11.8 Å². The highest BCUT2D eigenvalue weighted by molar-refractivity contribution is 6.33. The number of carbonyl (C=O) groups is 2. The molecule has 1 aromatic heterocycles. The van der Waals surface area contributed by atoms with E-state index >= 15 is 0 Å². The second-order valence-electron chi connectivity index (χ2n) is 3.95. The van der Waals surface area contributed by atoms with Gasteiger partial charge in [-0.1, -0.05) is 23.7 Å². The molecule has 0 aliphatic rings. The molecule has 0 bridgehead atoms. The molecule has 0 aliphatic carbocycles. The Morgan fingerprint density at radius 1 is 1.42 bits per heavy atom. The second kappa shape index (κ2) is 5.24. The van der Waals surface area contributed by atoms with Crippen molar-refractivity contribution < 1.29 is 9.59 Å². The SMILES string of the molecule is Cn1c(Cl)c(C(=O)NCC=O)c(=O)c2ccccc21. The van der Waals surface area contributed by atoms with Crippen molar-refractivity contribution >= 4 is 34.7 Å². The number of amides is 1. The number of nitrogens with zero attached hydrogens (tertiary/aromatic N) is 1. The Hall–Kier alpha value is -2.14. The van der Waals surface area contributed by atoms with Gasteiger partial charge in [-0.3, -0.25) is 9.59 Å². The molecule has 0 saturated carbocycles. The first kappa shape index (κ1) is 13.3. The van der Waals surface area contributed by atoms with Crippen LogP contribution in [0.5, 0.6) is 0 Å². The molecule has 1 N–H and O–H groups in total. The highest BCUT2D eigenvalue weighted by Crippen LogP contribution is 2.19. The zero-order chi connectivity index (χ0) is 14.0. The number of nitrogens with one attached hydrogen (secondary N) is 1. The van der Waals surface area contributed by atoms with E-state index in [2.05, 4.69) is 5.32 Å². The van der Waals surface area contributed by atoms with Gasteiger partial charge in [-0.15, -0.1) is 0 Å². The number of aldehydes is 1. The molecule has 19 heavy (non-hydrogen) atoms. The van der Waals surface area contributed by atoms with E-state index in [-0.39, 0.29) is 17.3 Å². The molecular weight excluding hydrogens is 268 g/mol. The summed E-state index contributed by atoms with van der Waals surface area (Å²) in [6.45, 7) is -0.162. The van der Waals surface area contributed by atoms with Crippen molar-refractivity contribution in [3.05, 3.63) is 45.2 Å². The molecular formula is C13H11ClN2O3. The van der Waals surface area contributed by atoms with Gasteiger partial charge in [0.25, 0.3) is 5.91 Å². The van der Waals surface area contributed by atoms with Gasteiger partial charge in [0.2, 0.25) is 5.43 Å². The number of carbonyl (C=O) groups excluding carboxylic acids is 2. The Balaban J connectivity index is 2.71. The highest BCUT2D eigenvalue weighted by Gasteiger charge is 2.19. The molecule has 98 valence electrons. The molecule has 0 radical (unpaired) electrons. The summed E-state index contributed by atoms with van der Waals surface area (Å²) in [6, 6.07) is 6.87. The van der Waals surface area contributed by atoms with E-state index in [4.69, 9.17) is 11.6 Å². The summed E-state index contributed by atoms with van der Waals surface area (Å²) in [5.74, 6) is -0.650. The lowest BCUT2D eigenvalue weighted by Crippen LogP contribution is -2.31. The molecule has 6 heteroatoms. The summed E-state index contributed by atoms with van der Waals surface area (Å²) in [5, 5.41) is 2.77. The number of hydrogen-bond acceptors (Lipinski definition) is 3. The number of halogens is 1. The minimum atomic E-state index is -0.650. The molecule has 1 amide bonds. The molecule has 1 aromatic carbocycles. The van der Waals surface area contributed by atoms with Crippen LogP contribution in [0.1, 0.15) is 10.4 Å². The molecule has 1 heterocycles. The Bertz CT molecular complexity index is 722. The van der Waals surface area contributed by atoms with Gasteiger partial charge in [-0.25, -0.2) is 0 Å². The van der Waals surface area contributed by atoms with Crippen molar-refractivity contribution in [1.82, 2.24) is 9.88 Å². The van der Waals surface area contributed by atoms with E-state index in [1.165, 1.54) is 0 Å². The van der Waals surface area contributed by atoms with Gasteiger partial charge in [0.05, 0.1) is 12.1 Å². The number of pyridine rings is 1. The summed E-state index contributed by atoms with van der Waals surface area (Å²) in [7, 11) is 1.67. The molecule has 0 spiro atoms. The predicted molar refractivity (Wildman–Crippen MR) is 72.6 cm³/mol. The Morgan fingerprint density at radius 3 is 2.79 bits per heavy atom. The average molecular weight is 279 g/mol. The molecule has 2 rings (SSSR count). The minimum absolute atomic E-state index is 0.0482. The first-order valence-electron chi connectivity index (χ1n) is 5.57. The normalized spacial score (nSPS) is 10.4. The molecule has 0 aliphatic heterocycles. The standard InChI is InChI=1S/C13H11ClN2O3/c1-16-9-5-3-2-4-8(9)11(18)10(12(16)14)13(19)15-6-7-17/h2-5,7H,6H2,1H3,(H,15,19). The zero-order valence-electron chi connectivity index (χ0n) is 10.1. The topological polar surface area (TPSA) is 68.2 Å². The average Bonchev–Trinajstić information content (AvgIpc) is 2.43. The lowest BCUT2D eigenvalue weighted by Gasteiger charge is -2.11. The van der Waals surface area contributed by atoms with Crippen LogP contribution in [0.2, 0.25) is 5.15 Å². The van der Waals surface area contributed by atoms with Crippen LogP contribution in [0, 0.1) is 0 Å². The maximum atomic E-state index is 12.3. The second-order valence-corrected chi connectivity index (χ2v) is 4.31. The van der Waals surface area contributed by atoms with Gasteiger partial charge >= 0.3 is 0 Å². The monoisotopic (exact) mass is 278 g/mol. The summed E-state index contributed by atoms with van der Waals surface area (Å²) in [4.78, 5) is 34.4. The smallest absolute Gasteiger partial charge is 0.258 e. The molecule has 5 nitrogen and oxygen atoms in total. The number of rotatable bonds is 3. The van der Waals surface area contributed by atoms with Crippen LogP contribution in [-0.4, -0.2) is 23.3 Å². The van der Waals surface area contributed by atoms with E-state index in [1.54, 1.807) is 35.9 Å². The van der Waals surface area contributed by atoms with Crippen molar-refractivity contribution in [1.29, 1.82) is 0 Å². The number of para-hydroxylation sites is 1. The van der Waals surface area contributed by atoms with E-state index in [0.717, 1.165) is 0 Å². The number of fused-ring (bicyclic) bond motifs is 1. The fraction of sp³-hybridized carbons (Fsp3) is 0.154. The summed E-state index contributed by atoms with van der Waals surface area (Å²) >= 11 is 6.07. The van der Waals surface area contributed by atoms with Crippen molar-refractivity contribution in [3.63, 3.8) is 0 Å².